The quantitative estimate of drug-likeness (QED) is 0.414. The molecule has 0 saturated heterocycles. The molecule has 0 aliphatic heterocycles. The number of para-hydroxylation sites is 1. The SMILES string of the molecule is C=CN(CCOc1cc(Nc2ccccc2)ccc1Cl)/N=C\[C@H](C)CC. The maximum absolute atomic E-state index is 6.25. The number of hydrazone groups is 1. The largest absolute Gasteiger partial charge is 0.490 e. The molecule has 138 valence electrons. The van der Waals surface area contributed by atoms with E-state index in [1.165, 1.54) is 0 Å². The van der Waals surface area contributed by atoms with Crippen LogP contribution in [0.15, 0.2) is 66.4 Å². The van der Waals surface area contributed by atoms with Crippen LogP contribution in [0.5, 0.6) is 5.75 Å². The molecule has 0 heterocycles. The number of nitrogens with zero attached hydrogens (tertiary/aromatic N) is 2. The van der Waals surface area contributed by atoms with E-state index in [2.05, 4.69) is 30.8 Å². The number of hydrogen-bond acceptors (Lipinski definition) is 4. The Morgan fingerprint density at radius 1 is 1.23 bits per heavy atom. The van der Waals surface area contributed by atoms with Crippen LogP contribution in [-0.4, -0.2) is 24.4 Å². The van der Waals surface area contributed by atoms with E-state index in [9.17, 15) is 0 Å². The van der Waals surface area contributed by atoms with Gasteiger partial charge in [0.2, 0.25) is 0 Å². The minimum absolute atomic E-state index is 0.438. The van der Waals surface area contributed by atoms with Crippen molar-refractivity contribution in [3.05, 3.63) is 66.3 Å². The summed E-state index contributed by atoms with van der Waals surface area (Å²) < 4.78 is 5.85. The molecule has 4 nitrogen and oxygen atoms in total. The van der Waals surface area contributed by atoms with Gasteiger partial charge in [-0.05, 0) is 36.6 Å². The Balaban J connectivity index is 1.93. The molecule has 0 aliphatic carbocycles. The number of halogens is 1. The van der Waals surface area contributed by atoms with Crippen molar-refractivity contribution in [1.29, 1.82) is 0 Å². The Kier molecular flexibility index (Phi) is 8.03. The minimum Gasteiger partial charge on any atom is -0.490 e. The molecule has 0 unspecified atom stereocenters. The van der Waals surface area contributed by atoms with Gasteiger partial charge in [0.25, 0.3) is 0 Å². The molecule has 5 heteroatoms. The summed E-state index contributed by atoms with van der Waals surface area (Å²) in [7, 11) is 0. The Labute approximate surface area is 161 Å². The first-order valence-electron chi connectivity index (χ1n) is 8.80. The smallest absolute Gasteiger partial charge is 0.140 e. The van der Waals surface area contributed by atoms with Crippen molar-refractivity contribution >= 4 is 29.2 Å². The lowest BCUT2D eigenvalue weighted by Crippen LogP contribution is -2.19. The van der Waals surface area contributed by atoms with E-state index < -0.39 is 0 Å². The Morgan fingerprint density at radius 2 is 2.00 bits per heavy atom. The van der Waals surface area contributed by atoms with Crippen LogP contribution in [0.3, 0.4) is 0 Å². The van der Waals surface area contributed by atoms with Crippen LogP contribution in [0.25, 0.3) is 0 Å². The zero-order valence-corrected chi connectivity index (χ0v) is 16.1. The zero-order chi connectivity index (χ0) is 18.8. The third-order valence-corrected chi connectivity index (χ3v) is 4.21. The molecule has 1 N–H and O–H groups in total. The third kappa shape index (κ3) is 6.45. The zero-order valence-electron chi connectivity index (χ0n) is 15.4. The summed E-state index contributed by atoms with van der Waals surface area (Å²) in [6, 6.07) is 15.6. The van der Waals surface area contributed by atoms with Crippen LogP contribution in [0, 0.1) is 5.92 Å². The fourth-order valence-electron chi connectivity index (χ4n) is 2.13. The molecular formula is C21H26ClN3O. The van der Waals surface area contributed by atoms with E-state index in [0.717, 1.165) is 17.8 Å². The molecule has 0 bridgehead atoms. The number of ether oxygens (including phenoxy) is 1. The van der Waals surface area contributed by atoms with Crippen LogP contribution >= 0.6 is 11.6 Å². The molecule has 26 heavy (non-hydrogen) atoms. The highest BCUT2D eigenvalue weighted by Crippen LogP contribution is 2.29. The van der Waals surface area contributed by atoms with E-state index in [1.807, 2.05) is 54.7 Å². The van der Waals surface area contributed by atoms with E-state index in [4.69, 9.17) is 16.3 Å². The Bertz CT molecular complexity index is 718. The topological polar surface area (TPSA) is 36.9 Å². The minimum atomic E-state index is 0.438. The summed E-state index contributed by atoms with van der Waals surface area (Å²) in [4.78, 5) is 0. The van der Waals surface area contributed by atoms with Crippen molar-refractivity contribution in [2.75, 3.05) is 18.5 Å². The van der Waals surface area contributed by atoms with Crippen LogP contribution in [-0.2, 0) is 0 Å². The lowest BCUT2D eigenvalue weighted by molar-refractivity contribution is 0.259. The van der Waals surface area contributed by atoms with Gasteiger partial charge in [-0.15, -0.1) is 0 Å². The predicted octanol–water partition coefficient (Wildman–Crippen LogP) is 5.94. The first-order chi connectivity index (χ1) is 12.6. The number of anilines is 2. The fraction of sp³-hybridized carbons (Fsp3) is 0.286. The fourth-order valence-corrected chi connectivity index (χ4v) is 2.30. The van der Waals surface area contributed by atoms with Crippen molar-refractivity contribution in [1.82, 2.24) is 5.01 Å². The van der Waals surface area contributed by atoms with Gasteiger partial charge in [-0.3, -0.25) is 5.01 Å². The Morgan fingerprint density at radius 3 is 2.69 bits per heavy atom. The first kappa shape index (κ1) is 19.9. The van der Waals surface area contributed by atoms with Crippen LogP contribution in [0.4, 0.5) is 11.4 Å². The standard InChI is InChI=1S/C21H26ClN3O/c1-4-17(3)16-23-25(5-2)13-14-26-21-15-19(11-12-20(21)22)24-18-9-7-6-8-10-18/h5-12,15-17,24H,2,4,13-14H2,1,3H3/b23-16-/t17-/m1/s1. The summed E-state index contributed by atoms with van der Waals surface area (Å²) in [5.41, 5.74) is 1.93. The summed E-state index contributed by atoms with van der Waals surface area (Å²) in [6.45, 7) is 9.11. The van der Waals surface area contributed by atoms with Gasteiger partial charge < -0.3 is 10.1 Å². The summed E-state index contributed by atoms with van der Waals surface area (Å²) in [5, 5.41) is 10.1. The first-order valence-corrected chi connectivity index (χ1v) is 9.18. The number of benzene rings is 2. The molecule has 1 atom stereocenters. The average molecular weight is 372 g/mol. The van der Waals surface area contributed by atoms with E-state index in [1.54, 1.807) is 11.2 Å². The molecule has 0 spiro atoms. The van der Waals surface area contributed by atoms with Gasteiger partial charge in [0.05, 0.1) is 11.6 Å². The lowest BCUT2D eigenvalue weighted by Gasteiger charge is -2.16. The van der Waals surface area contributed by atoms with E-state index in [-0.39, 0.29) is 0 Å². The van der Waals surface area contributed by atoms with E-state index in [0.29, 0.717) is 29.8 Å². The van der Waals surface area contributed by atoms with Crippen LogP contribution in [0.2, 0.25) is 5.02 Å². The summed E-state index contributed by atoms with van der Waals surface area (Å²) in [5.74, 6) is 1.08. The van der Waals surface area contributed by atoms with Gasteiger partial charge in [0.15, 0.2) is 0 Å². The molecule has 0 radical (unpaired) electrons. The molecular weight excluding hydrogens is 346 g/mol. The van der Waals surface area contributed by atoms with Gasteiger partial charge in [0.1, 0.15) is 12.4 Å². The van der Waals surface area contributed by atoms with Crippen molar-refractivity contribution in [3.63, 3.8) is 0 Å². The third-order valence-electron chi connectivity index (χ3n) is 3.90. The van der Waals surface area contributed by atoms with Crippen LogP contribution < -0.4 is 10.1 Å². The molecule has 2 rings (SSSR count). The average Bonchev–Trinajstić information content (AvgIpc) is 2.67. The molecule has 2 aromatic carbocycles. The normalized spacial score (nSPS) is 12.0. The number of hydrogen-bond donors (Lipinski definition) is 1. The molecule has 0 aromatic heterocycles. The molecule has 0 amide bonds. The second kappa shape index (κ2) is 10.5. The highest BCUT2D eigenvalue weighted by molar-refractivity contribution is 6.32. The lowest BCUT2D eigenvalue weighted by atomic mass is 10.1. The van der Waals surface area contributed by atoms with E-state index >= 15 is 0 Å². The van der Waals surface area contributed by atoms with Crippen molar-refractivity contribution in [3.8, 4) is 5.75 Å². The maximum Gasteiger partial charge on any atom is 0.140 e. The Hall–Kier alpha value is -2.46. The van der Waals surface area contributed by atoms with Crippen molar-refractivity contribution < 1.29 is 4.74 Å². The van der Waals surface area contributed by atoms with Crippen molar-refractivity contribution in [2.45, 2.75) is 20.3 Å². The molecule has 2 aromatic rings. The number of nitrogens with one attached hydrogen (secondary N) is 1. The molecule has 0 saturated carbocycles. The van der Waals surface area contributed by atoms with Gasteiger partial charge in [-0.1, -0.05) is 50.2 Å². The molecule has 0 aliphatic rings. The van der Waals surface area contributed by atoms with Gasteiger partial charge >= 0.3 is 0 Å². The molecule has 0 fully saturated rings. The van der Waals surface area contributed by atoms with Crippen molar-refractivity contribution in [2.24, 2.45) is 11.0 Å². The monoisotopic (exact) mass is 371 g/mol. The highest BCUT2D eigenvalue weighted by atomic mass is 35.5. The maximum atomic E-state index is 6.25. The van der Waals surface area contributed by atoms with Gasteiger partial charge in [0, 0.05) is 29.9 Å². The van der Waals surface area contributed by atoms with Crippen LogP contribution in [0.1, 0.15) is 20.3 Å². The number of rotatable bonds is 10. The highest BCUT2D eigenvalue weighted by Gasteiger charge is 2.05. The van der Waals surface area contributed by atoms with Gasteiger partial charge in [-0.2, -0.15) is 5.10 Å². The predicted molar refractivity (Wildman–Crippen MR) is 112 cm³/mol. The van der Waals surface area contributed by atoms with Gasteiger partial charge in [-0.25, -0.2) is 0 Å². The summed E-state index contributed by atoms with van der Waals surface area (Å²) in [6.07, 6.45) is 4.68. The second-order valence-electron chi connectivity index (χ2n) is 5.98. The second-order valence-corrected chi connectivity index (χ2v) is 6.39. The summed E-state index contributed by atoms with van der Waals surface area (Å²) >= 11 is 6.25.